The second-order valence-electron chi connectivity index (χ2n) is 8.75. The van der Waals surface area contributed by atoms with Crippen LogP contribution in [-0.2, 0) is 16.0 Å². The van der Waals surface area contributed by atoms with Crippen LogP contribution < -0.4 is 5.32 Å². The van der Waals surface area contributed by atoms with Crippen LogP contribution in [0, 0.1) is 5.82 Å². The minimum absolute atomic E-state index is 0.0296. The number of amides is 1. The summed E-state index contributed by atoms with van der Waals surface area (Å²) in [7, 11) is 0. The van der Waals surface area contributed by atoms with Crippen LogP contribution in [0.4, 0.5) is 9.18 Å². The molecule has 5 nitrogen and oxygen atoms in total. The summed E-state index contributed by atoms with van der Waals surface area (Å²) in [6.45, 7) is 0.0922. The Morgan fingerprint density at radius 3 is 2.08 bits per heavy atom. The predicted octanol–water partition coefficient (Wildman–Crippen LogP) is 6.03. The Morgan fingerprint density at radius 2 is 1.44 bits per heavy atom. The third-order valence-electron chi connectivity index (χ3n) is 6.49. The summed E-state index contributed by atoms with van der Waals surface area (Å²) in [5.74, 6) is -1.66. The molecule has 5 rings (SSSR count). The Morgan fingerprint density at radius 1 is 0.833 bits per heavy atom. The average Bonchev–Trinajstić information content (AvgIpc) is 3.21. The van der Waals surface area contributed by atoms with Gasteiger partial charge in [-0.15, -0.1) is 0 Å². The van der Waals surface area contributed by atoms with E-state index in [2.05, 4.69) is 5.32 Å². The van der Waals surface area contributed by atoms with E-state index in [4.69, 9.17) is 4.74 Å². The number of carboxylic acids is 1. The molecule has 1 atom stereocenters. The van der Waals surface area contributed by atoms with Crippen molar-refractivity contribution in [2.75, 3.05) is 6.61 Å². The Kier molecular flexibility index (Phi) is 6.50. The molecule has 0 radical (unpaired) electrons. The number of ether oxygens (including phenoxy) is 1. The molecule has 0 heterocycles. The maximum absolute atomic E-state index is 14.2. The Bertz CT molecular complexity index is 1390. The highest BCUT2D eigenvalue weighted by Gasteiger charge is 2.29. The fourth-order valence-electron chi connectivity index (χ4n) is 4.78. The van der Waals surface area contributed by atoms with Crippen molar-refractivity contribution in [1.29, 1.82) is 0 Å². The van der Waals surface area contributed by atoms with Gasteiger partial charge in [-0.1, -0.05) is 91.0 Å². The first-order chi connectivity index (χ1) is 17.5. The van der Waals surface area contributed by atoms with Crippen LogP contribution in [0.2, 0.25) is 0 Å². The van der Waals surface area contributed by atoms with Crippen LogP contribution in [0.5, 0.6) is 0 Å². The van der Waals surface area contributed by atoms with E-state index in [1.807, 2.05) is 48.5 Å². The molecule has 0 unspecified atom stereocenters. The van der Waals surface area contributed by atoms with Crippen molar-refractivity contribution in [1.82, 2.24) is 5.32 Å². The molecule has 0 bridgehead atoms. The molecular weight excluding hydrogens is 457 g/mol. The van der Waals surface area contributed by atoms with Gasteiger partial charge >= 0.3 is 12.1 Å². The molecule has 36 heavy (non-hydrogen) atoms. The quantitative estimate of drug-likeness (QED) is 0.338. The number of nitrogens with one attached hydrogen (secondary N) is 1. The molecule has 0 aliphatic heterocycles. The van der Waals surface area contributed by atoms with Gasteiger partial charge in [0.1, 0.15) is 18.5 Å². The number of rotatable bonds is 7. The topological polar surface area (TPSA) is 75.6 Å². The molecule has 4 aromatic carbocycles. The fourth-order valence-corrected chi connectivity index (χ4v) is 4.78. The largest absolute Gasteiger partial charge is 0.480 e. The number of hydrogen-bond acceptors (Lipinski definition) is 3. The number of hydrogen-bond donors (Lipinski definition) is 2. The number of benzene rings is 4. The van der Waals surface area contributed by atoms with Gasteiger partial charge < -0.3 is 15.2 Å². The second-order valence-corrected chi connectivity index (χ2v) is 8.75. The first-order valence-corrected chi connectivity index (χ1v) is 11.7. The smallest absolute Gasteiger partial charge is 0.407 e. The van der Waals surface area contributed by atoms with Crippen LogP contribution in [0.15, 0.2) is 97.1 Å². The highest BCUT2D eigenvalue weighted by Crippen LogP contribution is 2.44. The SMILES string of the molecule is O=C(N[C@@H](Cc1cccc(-c2ccccc2F)c1)C(=O)O)OCC1c2ccccc2-c2ccccc21. The number of aliphatic carboxylic acids is 1. The van der Waals surface area contributed by atoms with E-state index in [1.165, 1.54) is 6.07 Å². The average molecular weight is 482 g/mol. The summed E-state index contributed by atoms with van der Waals surface area (Å²) in [5, 5.41) is 12.2. The lowest BCUT2D eigenvalue weighted by molar-refractivity contribution is -0.139. The molecular formula is C30H24FNO4. The first kappa shape index (κ1) is 23.3. The zero-order valence-electron chi connectivity index (χ0n) is 19.4. The van der Waals surface area contributed by atoms with Crippen LogP contribution in [0.3, 0.4) is 0 Å². The number of alkyl carbamates (subject to hydrolysis) is 1. The van der Waals surface area contributed by atoms with E-state index in [0.29, 0.717) is 16.7 Å². The van der Waals surface area contributed by atoms with E-state index >= 15 is 0 Å². The van der Waals surface area contributed by atoms with Crippen molar-refractivity contribution in [2.45, 2.75) is 18.4 Å². The van der Waals surface area contributed by atoms with Crippen molar-refractivity contribution >= 4 is 12.1 Å². The molecule has 1 aliphatic rings. The minimum Gasteiger partial charge on any atom is -0.480 e. The molecule has 0 fully saturated rings. The molecule has 1 aliphatic carbocycles. The Labute approximate surface area is 208 Å². The third-order valence-corrected chi connectivity index (χ3v) is 6.49. The zero-order valence-corrected chi connectivity index (χ0v) is 19.4. The van der Waals surface area contributed by atoms with Crippen LogP contribution in [-0.4, -0.2) is 29.8 Å². The molecule has 0 saturated carbocycles. The van der Waals surface area contributed by atoms with E-state index in [0.717, 1.165) is 22.3 Å². The summed E-state index contributed by atoms with van der Waals surface area (Å²) < 4.78 is 19.7. The van der Waals surface area contributed by atoms with Crippen molar-refractivity contribution in [3.05, 3.63) is 120 Å². The predicted molar refractivity (Wildman–Crippen MR) is 135 cm³/mol. The Balaban J connectivity index is 1.27. The summed E-state index contributed by atoms with van der Waals surface area (Å²) in [6.07, 6.45) is -0.767. The van der Waals surface area contributed by atoms with Crippen molar-refractivity contribution in [3.63, 3.8) is 0 Å². The first-order valence-electron chi connectivity index (χ1n) is 11.7. The maximum Gasteiger partial charge on any atom is 0.407 e. The summed E-state index contributed by atoms with van der Waals surface area (Å²) in [4.78, 5) is 24.5. The van der Waals surface area contributed by atoms with E-state index in [-0.39, 0.29) is 24.8 Å². The molecule has 0 spiro atoms. The third kappa shape index (κ3) is 4.70. The lowest BCUT2D eigenvalue weighted by Crippen LogP contribution is -2.42. The molecule has 180 valence electrons. The number of halogens is 1. The number of carboxylic acid groups (broad SMARTS) is 1. The van der Waals surface area contributed by atoms with Gasteiger partial charge in [0, 0.05) is 17.9 Å². The monoisotopic (exact) mass is 481 g/mol. The molecule has 0 saturated heterocycles. The summed E-state index contributed by atoms with van der Waals surface area (Å²) in [6, 6.07) is 28.2. The van der Waals surface area contributed by atoms with Gasteiger partial charge in [0.15, 0.2) is 0 Å². The summed E-state index contributed by atoms with van der Waals surface area (Å²) in [5.41, 5.74) is 6.09. The van der Waals surface area contributed by atoms with Crippen molar-refractivity contribution in [2.24, 2.45) is 0 Å². The lowest BCUT2D eigenvalue weighted by Gasteiger charge is -2.18. The van der Waals surface area contributed by atoms with Gasteiger partial charge in [-0.05, 0) is 39.4 Å². The van der Waals surface area contributed by atoms with Gasteiger partial charge in [-0.25, -0.2) is 14.0 Å². The standard InChI is InChI=1S/C30H24FNO4/c31-27-15-6-5-10-21(27)20-9-7-8-19(16-20)17-28(29(33)34)32-30(35)36-18-26-24-13-3-1-11-22(24)23-12-2-4-14-25(23)26/h1-16,26,28H,17-18H2,(H,32,35)(H,33,34)/t28-/m0/s1. The second kappa shape index (κ2) is 10.0. The van der Waals surface area contributed by atoms with Gasteiger partial charge in [0.25, 0.3) is 0 Å². The van der Waals surface area contributed by atoms with Crippen LogP contribution in [0.25, 0.3) is 22.3 Å². The summed E-state index contributed by atoms with van der Waals surface area (Å²) >= 11 is 0. The maximum atomic E-state index is 14.2. The van der Waals surface area contributed by atoms with E-state index < -0.39 is 18.1 Å². The lowest BCUT2D eigenvalue weighted by atomic mass is 9.98. The van der Waals surface area contributed by atoms with E-state index in [9.17, 15) is 19.1 Å². The zero-order chi connectivity index (χ0) is 25.1. The van der Waals surface area contributed by atoms with Gasteiger partial charge in [0.05, 0.1) is 0 Å². The number of carbonyl (C=O) groups is 2. The van der Waals surface area contributed by atoms with Crippen molar-refractivity contribution < 1.29 is 23.8 Å². The van der Waals surface area contributed by atoms with Gasteiger partial charge in [-0.2, -0.15) is 0 Å². The fraction of sp³-hybridized carbons (Fsp3) is 0.133. The number of fused-ring (bicyclic) bond motifs is 3. The highest BCUT2D eigenvalue weighted by molar-refractivity contribution is 5.81. The highest BCUT2D eigenvalue weighted by atomic mass is 19.1. The number of carbonyl (C=O) groups excluding carboxylic acids is 1. The molecule has 4 aromatic rings. The molecule has 6 heteroatoms. The van der Waals surface area contributed by atoms with Gasteiger partial charge in [-0.3, -0.25) is 0 Å². The molecule has 1 amide bonds. The van der Waals surface area contributed by atoms with Crippen LogP contribution >= 0.6 is 0 Å². The van der Waals surface area contributed by atoms with Crippen molar-refractivity contribution in [3.8, 4) is 22.3 Å². The van der Waals surface area contributed by atoms with E-state index in [1.54, 1.807) is 42.5 Å². The van der Waals surface area contributed by atoms with Crippen LogP contribution in [0.1, 0.15) is 22.6 Å². The molecule has 2 N–H and O–H groups in total. The molecule has 0 aromatic heterocycles. The minimum atomic E-state index is -1.20. The Hall–Kier alpha value is -4.45. The van der Waals surface area contributed by atoms with Gasteiger partial charge in [0.2, 0.25) is 0 Å². The normalized spacial score (nSPS) is 12.9.